The number of aryl methyl sites for hydroxylation is 1. The zero-order chi connectivity index (χ0) is 16.2. The molecule has 1 heterocycles. The average Bonchev–Trinajstić information content (AvgIpc) is 2.87. The zero-order valence-electron chi connectivity index (χ0n) is 13.4. The molecule has 0 aliphatic heterocycles. The fourth-order valence-electron chi connectivity index (χ4n) is 3.15. The third kappa shape index (κ3) is 3.22. The van der Waals surface area contributed by atoms with Gasteiger partial charge in [0.25, 0.3) is 0 Å². The second-order valence-electron chi connectivity index (χ2n) is 5.79. The number of hydrogen-bond donors (Lipinski definition) is 2. The van der Waals surface area contributed by atoms with Gasteiger partial charge in [0, 0.05) is 41.3 Å². The summed E-state index contributed by atoms with van der Waals surface area (Å²) >= 11 is 0. The van der Waals surface area contributed by atoms with Gasteiger partial charge in [0.15, 0.2) is 0 Å². The standard InChI is InChI=1S/C19H22N2O2/c1-2-21-17-7-4-3-6-15(17)16-12-14(9-10-18(16)21)13-20-11-5-8-19(22)23/h3-4,6-7,9-10,12,20H,2,5,8,11,13H2,1H3,(H,22,23). The van der Waals surface area contributed by atoms with E-state index in [1.54, 1.807) is 0 Å². The normalized spacial score (nSPS) is 11.3. The van der Waals surface area contributed by atoms with Crippen LogP contribution in [0.1, 0.15) is 25.3 Å². The number of hydrogen-bond acceptors (Lipinski definition) is 2. The lowest BCUT2D eigenvalue weighted by Crippen LogP contribution is -2.15. The van der Waals surface area contributed by atoms with Crippen LogP contribution in [0.25, 0.3) is 21.8 Å². The molecule has 2 N–H and O–H groups in total. The first-order chi connectivity index (χ1) is 11.2. The van der Waals surface area contributed by atoms with Crippen molar-refractivity contribution in [2.75, 3.05) is 6.54 Å². The molecule has 3 rings (SSSR count). The number of nitrogens with zero attached hydrogens (tertiary/aromatic N) is 1. The Morgan fingerprint density at radius 1 is 1.13 bits per heavy atom. The van der Waals surface area contributed by atoms with Crippen LogP contribution in [-0.2, 0) is 17.9 Å². The van der Waals surface area contributed by atoms with Crippen molar-refractivity contribution in [3.05, 3.63) is 48.0 Å². The number of carbonyl (C=O) groups is 1. The van der Waals surface area contributed by atoms with Crippen LogP contribution in [0, 0.1) is 0 Å². The van der Waals surface area contributed by atoms with Crippen LogP contribution in [0.3, 0.4) is 0 Å². The van der Waals surface area contributed by atoms with Crippen LogP contribution in [0.2, 0.25) is 0 Å². The first-order valence-corrected chi connectivity index (χ1v) is 8.13. The molecule has 0 aliphatic rings. The van der Waals surface area contributed by atoms with Crippen LogP contribution < -0.4 is 5.32 Å². The molecular formula is C19H22N2O2. The number of para-hydroxylation sites is 1. The molecule has 0 fully saturated rings. The molecule has 0 saturated heterocycles. The van der Waals surface area contributed by atoms with Crippen molar-refractivity contribution >= 4 is 27.8 Å². The summed E-state index contributed by atoms with van der Waals surface area (Å²) in [7, 11) is 0. The number of benzene rings is 2. The summed E-state index contributed by atoms with van der Waals surface area (Å²) in [6.07, 6.45) is 0.878. The van der Waals surface area contributed by atoms with Gasteiger partial charge in [-0.3, -0.25) is 4.79 Å². The summed E-state index contributed by atoms with van der Waals surface area (Å²) in [6, 6.07) is 15.1. The van der Waals surface area contributed by atoms with Crippen molar-refractivity contribution < 1.29 is 9.90 Å². The van der Waals surface area contributed by atoms with E-state index in [2.05, 4.69) is 59.3 Å². The Balaban J connectivity index is 1.81. The van der Waals surface area contributed by atoms with Crippen molar-refractivity contribution in [3.8, 4) is 0 Å². The molecular weight excluding hydrogens is 288 g/mol. The lowest BCUT2D eigenvalue weighted by Gasteiger charge is -2.06. The van der Waals surface area contributed by atoms with E-state index in [-0.39, 0.29) is 6.42 Å². The van der Waals surface area contributed by atoms with E-state index in [4.69, 9.17) is 5.11 Å². The molecule has 0 spiro atoms. The minimum Gasteiger partial charge on any atom is -0.481 e. The van der Waals surface area contributed by atoms with Crippen LogP contribution in [0.4, 0.5) is 0 Å². The Morgan fingerprint density at radius 2 is 1.91 bits per heavy atom. The summed E-state index contributed by atoms with van der Waals surface area (Å²) in [5.41, 5.74) is 3.77. The topological polar surface area (TPSA) is 54.3 Å². The monoisotopic (exact) mass is 310 g/mol. The highest BCUT2D eigenvalue weighted by Crippen LogP contribution is 2.29. The van der Waals surface area contributed by atoms with Crippen LogP contribution in [-0.4, -0.2) is 22.2 Å². The van der Waals surface area contributed by atoms with Crippen LogP contribution in [0.5, 0.6) is 0 Å². The Bertz CT molecular complexity index is 836. The molecule has 0 radical (unpaired) electrons. The molecule has 0 saturated carbocycles. The van der Waals surface area contributed by atoms with Crippen molar-refractivity contribution in [2.45, 2.75) is 32.9 Å². The minimum absolute atomic E-state index is 0.218. The molecule has 4 nitrogen and oxygen atoms in total. The summed E-state index contributed by atoms with van der Waals surface area (Å²) in [4.78, 5) is 10.5. The van der Waals surface area contributed by atoms with Crippen LogP contribution >= 0.6 is 0 Å². The predicted molar refractivity (Wildman–Crippen MR) is 93.7 cm³/mol. The third-order valence-corrected chi connectivity index (χ3v) is 4.23. The molecule has 0 unspecified atom stereocenters. The molecule has 3 aromatic rings. The Kier molecular flexibility index (Phi) is 4.63. The Hall–Kier alpha value is -2.33. The average molecular weight is 310 g/mol. The summed E-state index contributed by atoms with van der Waals surface area (Å²) in [5, 5.41) is 14.5. The van der Waals surface area contributed by atoms with Crippen molar-refractivity contribution in [1.82, 2.24) is 9.88 Å². The molecule has 0 atom stereocenters. The van der Waals surface area contributed by atoms with Gasteiger partial charge in [0.05, 0.1) is 0 Å². The van der Waals surface area contributed by atoms with E-state index in [0.717, 1.165) is 19.6 Å². The van der Waals surface area contributed by atoms with E-state index in [9.17, 15) is 4.79 Å². The maximum Gasteiger partial charge on any atom is 0.303 e. The fraction of sp³-hybridized carbons (Fsp3) is 0.316. The minimum atomic E-state index is -0.736. The molecule has 23 heavy (non-hydrogen) atoms. The zero-order valence-corrected chi connectivity index (χ0v) is 13.4. The van der Waals surface area contributed by atoms with Crippen LogP contribution in [0.15, 0.2) is 42.5 Å². The van der Waals surface area contributed by atoms with Crippen molar-refractivity contribution in [3.63, 3.8) is 0 Å². The van der Waals surface area contributed by atoms with Gasteiger partial charge < -0.3 is 15.0 Å². The third-order valence-electron chi connectivity index (χ3n) is 4.23. The van der Waals surface area contributed by atoms with Gasteiger partial charge in [-0.25, -0.2) is 0 Å². The molecule has 0 amide bonds. The highest BCUT2D eigenvalue weighted by atomic mass is 16.4. The van der Waals surface area contributed by atoms with Gasteiger partial charge >= 0.3 is 5.97 Å². The quantitative estimate of drug-likeness (QED) is 0.653. The smallest absolute Gasteiger partial charge is 0.303 e. The van der Waals surface area contributed by atoms with Gasteiger partial charge in [-0.2, -0.15) is 0 Å². The molecule has 120 valence electrons. The summed E-state index contributed by atoms with van der Waals surface area (Å²) < 4.78 is 2.34. The first-order valence-electron chi connectivity index (χ1n) is 8.13. The number of aromatic nitrogens is 1. The molecule has 1 aromatic heterocycles. The number of nitrogens with one attached hydrogen (secondary N) is 1. The number of aliphatic carboxylic acids is 1. The molecule has 0 bridgehead atoms. The van der Waals surface area contributed by atoms with Crippen molar-refractivity contribution in [2.24, 2.45) is 0 Å². The Labute approximate surface area is 135 Å². The number of carboxylic acid groups (broad SMARTS) is 1. The van der Waals surface area contributed by atoms with E-state index < -0.39 is 5.97 Å². The lowest BCUT2D eigenvalue weighted by atomic mass is 10.1. The second-order valence-corrected chi connectivity index (χ2v) is 5.79. The predicted octanol–water partition coefficient (Wildman–Crippen LogP) is 3.77. The highest BCUT2D eigenvalue weighted by molar-refractivity contribution is 6.08. The van der Waals surface area contributed by atoms with Gasteiger partial charge in [0.2, 0.25) is 0 Å². The van der Waals surface area contributed by atoms with E-state index in [0.29, 0.717) is 6.42 Å². The molecule has 0 aliphatic carbocycles. The number of rotatable bonds is 7. The first kappa shape index (κ1) is 15.6. The van der Waals surface area contributed by atoms with Gasteiger partial charge in [-0.15, -0.1) is 0 Å². The van der Waals surface area contributed by atoms with Gasteiger partial charge in [0.1, 0.15) is 0 Å². The van der Waals surface area contributed by atoms with E-state index >= 15 is 0 Å². The Morgan fingerprint density at radius 3 is 2.70 bits per heavy atom. The maximum atomic E-state index is 10.5. The van der Waals surface area contributed by atoms with Gasteiger partial charge in [-0.05, 0) is 43.7 Å². The highest BCUT2D eigenvalue weighted by Gasteiger charge is 2.09. The van der Waals surface area contributed by atoms with Gasteiger partial charge in [-0.1, -0.05) is 24.3 Å². The fourth-order valence-corrected chi connectivity index (χ4v) is 3.15. The van der Waals surface area contributed by atoms with Crippen molar-refractivity contribution in [1.29, 1.82) is 0 Å². The second kappa shape index (κ2) is 6.84. The van der Waals surface area contributed by atoms with E-state index in [1.165, 1.54) is 27.4 Å². The number of carboxylic acids is 1. The summed E-state index contributed by atoms with van der Waals surface area (Å²) in [5.74, 6) is -0.736. The summed E-state index contributed by atoms with van der Waals surface area (Å²) in [6.45, 7) is 4.61. The lowest BCUT2D eigenvalue weighted by molar-refractivity contribution is -0.137. The SMILES string of the molecule is CCn1c2ccccc2c2cc(CNCCCC(=O)O)ccc21. The maximum absolute atomic E-state index is 10.5. The van der Waals surface area contributed by atoms with E-state index in [1.807, 2.05) is 0 Å². The molecule has 2 aromatic carbocycles. The molecule has 4 heteroatoms. The largest absolute Gasteiger partial charge is 0.481 e. The number of fused-ring (bicyclic) bond motifs is 3.